The molecule has 0 aliphatic heterocycles. The number of carbonyl (C=O) groups excluding carboxylic acids is 2. The predicted molar refractivity (Wildman–Crippen MR) is 117 cm³/mol. The molecule has 2 atom stereocenters. The molecular formula is C20H24FIN2O5. The first-order valence-electron chi connectivity index (χ1n) is 8.50. The van der Waals surface area contributed by atoms with E-state index in [9.17, 15) is 19.1 Å². The lowest BCUT2D eigenvalue weighted by molar-refractivity contribution is 0.0593. The molecule has 0 bridgehead atoms. The first-order chi connectivity index (χ1) is 13.5. The summed E-state index contributed by atoms with van der Waals surface area (Å²) in [4.78, 5) is 22.4. The Labute approximate surface area is 182 Å². The van der Waals surface area contributed by atoms with Gasteiger partial charge in [-0.1, -0.05) is 6.07 Å². The van der Waals surface area contributed by atoms with Crippen LogP contribution >= 0.6 is 22.6 Å². The van der Waals surface area contributed by atoms with Crippen LogP contribution in [0.3, 0.4) is 0 Å². The number of hydrogen-bond acceptors (Lipinski definition) is 7. The number of benzene rings is 2. The van der Waals surface area contributed by atoms with Gasteiger partial charge in [-0.05, 0) is 66.3 Å². The van der Waals surface area contributed by atoms with Gasteiger partial charge in [0, 0.05) is 20.5 Å². The maximum atomic E-state index is 13.1. The summed E-state index contributed by atoms with van der Waals surface area (Å²) >= 11 is 1.96. The molecule has 158 valence electrons. The van der Waals surface area contributed by atoms with Gasteiger partial charge in [-0.25, -0.2) is 14.0 Å². The van der Waals surface area contributed by atoms with Crippen molar-refractivity contribution >= 4 is 45.9 Å². The lowest BCUT2D eigenvalue weighted by Crippen LogP contribution is -2.07. The smallest absolute Gasteiger partial charge is 0.339 e. The van der Waals surface area contributed by atoms with E-state index in [4.69, 9.17) is 11.5 Å². The number of anilines is 2. The van der Waals surface area contributed by atoms with Crippen molar-refractivity contribution in [2.45, 2.75) is 26.1 Å². The number of nitrogens with two attached hydrogens (primary N) is 2. The Bertz CT molecular complexity index is 887. The second-order valence-electron chi connectivity index (χ2n) is 6.08. The third-order valence-corrected chi connectivity index (χ3v) is 4.90. The molecule has 2 rings (SSSR count). The highest BCUT2D eigenvalue weighted by molar-refractivity contribution is 14.1. The molecule has 0 saturated carbocycles. The Hall–Kier alpha value is -2.40. The highest BCUT2D eigenvalue weighted by Gasteiger charge is 2.16. The zero-order valence-corrected chi connectivity index (χ0v) is 18.7. The number of methoxy groups -OCH3 is 2. The van der Waals surface area contributed by atoms with Gasteiger partial charge in [-0.2, -0.15) is 0 Å². The molecule has 7 nitrogen and oxygen atoms in total. The lowest BCUT2D eigenvalue weighted by atomic mass is 10.1. The summed E-state index contributed by atoms with van der Waals surface area (Å²) in [6.07, 6.45) is -1.70. The Balaban J connectivity index is 0.000000291. The van der Waals surface area contributed by atoms with Crippen LogP contribution in [0.2, 0.25) is 0 Å². The molecule has 0 aromatic heterocycles. The molecule has 9 heteroatoms. The summed E-state index contributed by atoms with van der Waals surface area (Å²) < 4.78 is 22.9. The highest BCUT2D eigenvalue weighted by Crippen LogP contribution is 2.28. The molecule has 5 N–H and O–H groups in total. The van der Waals surface area contributed by atoms with Crippen LogP contribution in [0.4, 0.5) is 15.8 Å². The Morgan fingerprint density at radius 1 is 1.00 bits per heavy atom. The zero-order chi connectivity index (χ0) is 22.3. The van der Waals surface area contributed by atoms with Crippen molar-refractivity contribution in [2.24, 2.45) is 0 Å². The number of rotatable bonds is 4. The summed E-state index contributed by atoms with van der Waals surface area (Å²) in [7, 11) is 2.57. The van der Waals surface area contributed by atoms with Crippen molar-refractivity contribution in [1.29, 1.82) is 0 Å². The van der Waals surface area contributed by atoms with E-state index in [1.165, 1.54) is 33.3 Å². The molecule has 0 heterocycles. The number of alkyl halides is 1. The second-order valence-corrected chi connectivity index (χ2v) is 7.24. The van der Waals surface area contributed by atoms with Gasteiger partial charge in [0.05, 0.1) is 31.5 Å². The molecule has 2 unspecified atom stereocenters. The van der Waals surface area contributed by atoms with Crippen LogP contribution in [-0.4, -0.2) is 31.3 Å². The minimum atomic E-state index is -1.11. The summed E-state index contributed by atoms with van der Waals surface area (Å²) in [5, 5.41) is 9.26. The molecule has 0 amide bonds. The minimum Gasteiger partial charge on any atom is -0.465 e. The van der Waals surface area contributed by atoms with E-state index < -0.39 is 24.2 Å². The van der Waals surface area contributed by atoms with Crippen molar-refractivity contribution < 1.29 is 28.6 Å². The fraction of sp³-hybridized carbons (Fsp3) is 0.300. The highest BCUT2D eigenvalue weighted by atomic mass is 127. The third-order valence-electron chi connectivity index (χ3n) is 3.97. The van der Waals surface area contributed by atoms with Crippen molar-refractivity contribution in [3.05, 3.63) is 56.2 Å². The number of carbonyl (C=O) groups is 2. The van der Waals surface area contributed by atoms with Crippen molar-refractivity contribution in [3.63, 3.8) is 0 Å². The van der Waals surface area contributed by atoms with E-state index in [1.807, 2.05) is 22.6 Å². The fourth-order valence-electron chi connectivity index (χ4n) is 2.34. The Kier molecular flexibility index (Phi) is 9.31. The van der Waals surface area contributed by atoms with Gasteiger partial charge in [0.1, 0.15) is 6.17 Å². The Morgan fingerprint density at radius 3 is 1.97 bits per heavy atom. The first-order valence-corrected chi connectivity index (χ1v) is 9.58. The largest absolute Gasteiger partial charge is 0.465 e. The van der Waals surface area contributed by atoms with Gasteiger partial charge in [0.2, 0.25) is 0 Å². The maximum absolute atomic E-state index is 13.1. The predicted octanol–water partition coefficient (Wildman–Crippen LogP) is 3.80. The average molecular weight is 518 g/mol. The van der Waals surface area contributed by atoms with E-state index in [-0.39, 0.29) is 11.3 Å². The van der Waals surface area contributed by atoms with E-state index in [0.29, 0.717) is 25.9 Å². The van der Waals surface area contributed by atoms with E-state index in [1.54, 1.807) is 25.1 Å². The molecule has 0 radical (unpaired) electrons. The van der Waals surface area contributed by atoms with Crippen LogP contribution in [0.25, 0.3) is 0 Å². The topological polar surface area (TPSA) is 125 Å². The number of halogens is 2. The lowest BCUT2D eigenvalue weighted by Gasteiger charge is -2.10. The van der Waals surface area contributed by atoms with Gasteiger partial charge in [-0.3, -0.25) is 0 Å². The van der Waals surface area contributed by atoms with Crippen LogP contribution < -0.4 is 11.5 Å². The van der Waals surface area contributed by atoms with Crippen molar-refractivity contribution in [3.8, 4) is 0 Å². The monoisotopic (exact) mass is 518 g/mol. The van der Waals surface area contributed by atoms with Crippen LogP contribution in [0.1, 0.15) is 58.0 Å². The molecule has 0 aliphatic rings. The SMILES string of the molecule is COC(=O)c1cc(I)c(C(C)F)cc1N.COC(=O)c1ccc(C(C)O)cc1N. The average Bonchev–Trinajstić information content (AvgIpc) is 2.68. The fourth-order valence-corrected chi connectivity index (χ4v) is 3.23. The van der Waals surface area contributed by atoms with Gasteiger partial charge in [0.25, 0.3) is 0 Å². The van der Waals surface area contributed by atoms with Crippen LogP contribution in [0, 0.1) is 3.57 Å². The molecular weight excluding hydrogens is 494 g/mol. The standard InChI is InChI=1S/C10H11FINO2.C10H13NO3/c1-5(11)6-4-9(13)7(3-8(6)12)10(14)15-2;1-6(12)7-3-4-8(9(11)5-7)10(13)14-2/h3-5H,13H2,1-2H3;3-6,12H,11H2,1-2H3. The minimum absolute atomic E-state index is 0.238. The quantitative estimate of drug-likeness (QED) is 0.320. The van der Waals surface area contributed by atoms with E-state index in [0.717, 1.165) is 0 Å². The Morgan fingerprint density at radius 2 is 1.52 bits per heavy atom. The van der Waals surface area contributed by atoms with Crippen LogP contribution in [-0.2, 0) is 9.47 Å². The molecule has 0 fully saturated rings. The van der Waals surface area contributed by atoms with E-state index in [2.05, 4.69) is 9.47 Å². The molecule has 2 aromatic carbocycles. The molecule has 0 aliphatic carbocycles. The van der Waals surface area contributed by atoms with Gasteiger partial charge in [0.15, 0.2) is 0 Å². The van der Waals surface area contributed by atoms with Crippen molar-refractivity contribution in [2.75, 3.05) is 25.7 Å². The molecule has 2 aromatic rings. The number of aliphatic hydroxyl groups is 1. The van der Waals surface area contributed by atoms with Crippen molar-refractivity contribution in [1.82, 2.24) is 0 Å². The number of esters is 2. The first kappa shape index (κ1) is 24.6. The van der Waals surface area contributed by atoms with Crippen LogP contribution in [0.15, 0.2) is 30.3 Å². The maximum Gasteiger partial charge on any atom is 0.339 e. The zero-order valence-electron chi connectivity index (χ0n) is 16.5. The summed E-state index contributed by atoms with van der Waals surface area (Å²) in [5.74, 6) is -0.983. The summed E-state index contributed by atoms with van der Waals surface area (Å²) in [5.41, 5.74) is 13.6. The summed E-state index contributed by atoms with van der Waals surface area (Å²) in [6.45, 7) is 3.06. The molecule has 0 saturated heterocycles. The van der Waals surface area contributed by atoms with Gasteiger partial charge < -0.3 is 26.0 Å². The van der Waals surface area contributed by atoms with Gasteiger partial charge >= 0.3 is 11.9 Å². The normalized spacial score (nSPS) is 12.2. The van der Waals surface area contributed by atoms with Gasteiger partial charge in [-0.15, -0.1) is 0 Å². The third kappa shape index (κ3) is 6.57. The van der Waals surface area contributed by atoms with E-state index >= 15 is 0 Å². The molecule has 0 spiro atoms. The number of ether oxygens (including phenoxy) is 2. The number of aliphatic hydroxyl groups excluding tert-OH is 1. The van der Waals surface area contributed by atoms with Crippen LogP contribution in [0.5, 0.6) is 0 Å². The number of hydrogen-bond donors (Lipinski definition) is 3. The summed E-state index contributed by atoms with van der Waals surface area (Å²) in [6, 6.07) is 7.76. The molecule has 29 heavy (non-hydrogen) atoms. The second kappa shape index (κ2) is 11.0. The number of nitrogen functional groups attached to an aromatic ring is 2.